The Morgan fingerprint density at radius 1 is 1.25 bits per heavy atom. The normalized spacial score (nSPS) is 14.6. The number of aliphatic hydroxyl groups is 1. The Morgan fingerprint density at radius 3 is 2.25 bits per heavy atom. The lowest BCUT2D eigenvalue weighted by atomic mass is 10.1. The lowest BCUT2D eigenvalue weighted by Crippen LogP contribution is -2.41. The first-order chi connectivity index (χ1) is 7.56. The first kappa shape index (κ1) is 13.0. The zero-order valence-corrected chi connectivity index (χ0v) is 10.2. The molecule has 0 radical (unpaired) electrons. The topological polar surface area (TPSA) is 55.5 Å². The van der Waals surface area contributed by atoms with Gasteiger partial charge in [0.25, 0.3) is 0 Å². The summed E-state index contributed by atoms with van der Waals surface area (Å²) in [6.45, 7) is 5.97. The number of nitrogens with two attached hydrogens (primary N) is 1. The SMILES string of the molecule is CCC(N)C(CO)Oc1cc(C)cc(C)c1. The summed E-state index contributed by atoms with van der Waals surface area (Å²) in [4.78, 5) is 0. The molecule has 1 aromatic carbocycles. The van der Waals surface area contributed by atoms with E-state index in [2.05, 4.69) is 6.07 Å². The van der Waals surface area contributed by atoms with Crippen LogP contribution in [-0.2, 0) is 0 Å². The molecule has 1 rings (SSSR count). The van der Waals surface area contributed by atoms with Crippen molar-refractivity contribution in [3.8, 4) is 5.75 Å². The molecule has 0 aliphatic heterocycles. The van der Waals surface area contributed by atoms with E-state index in [0.717, 1.165) is 23.3 Å². The summed E-state index contributed by atoms with van der Waals surface area (Å²) in [5.41, 5.74) is 8.17. The molecule has 0 aliphatic rings. The van der Waals surface area contributed by atoms with Crippen LogP contribution in [0.1, 0.15) is 24.5 Å². The third-order valence-corrected chi connectivity index (χ3v) is 2.61. The average Bonchev–Trinajstić information content (AvgIpc) is 2.23. The highest BCUT2D eigenvalue weighted by molar-refractivity contribution is 5.33. The molecule has 0 aromatic heterocycles. The van der Waals surface area contributed by atoms with Crippen molar-refractivity contribution in [2.75, 3.05) is 6.61 Å². The van der Waals surface area contributed by atoms with Crippen molar-refractivity contribution in [2.45, 2.75) is 39.3 Å². The Hall–Kier alpha value is -1.06. The molecule has 3 heteroatoms. The number of aliphatic hydroxyl groups excluding tert-OH is 1. The van der Waals surface area contributed by atoms with E-state index in [0.29, 0.717) is 0 Å². The van der Waals surface area contributed by atoms with Crippen LogP contribution in [0, 0.1) is 13.8 Å². The van der Waals surface area contributed by atoms with Crippen molar-refractivity contribution in [2.24, 2.45) is 5.73 Å². The van der Waals surface area contributed by atoms with Gasteiger partial charge in [-0.25, -0.2) is 0 Å². The monoisotopic (exact) mass is 223 g/mol. The van der Waals surface area contributed by atoms with Crippen molar-refractivity contribution < 1.29 is 9.84 Å². The van der Waals surface area contributed by atoms with Gasteiger partial charge >= 0.3 is 0 Å². The Labute approximate surface area is 97.2 Å². The average molecular weight is 223 g/mol. The van der Waals surface area contributed by atoms with Crippen LogP contribution >= 0.6 is 0 Å². The maximum absolute atomic E-state index is 9.22. The smallest absolute Gasteiger partial charge is 0.137 e. The highest BCUT2D eigenvalue weighted by atomic mass is 16.5. The highest BCUT2D eigenvalue weighted by Gasteiger charge is 2.17. The van der Waals surface area contributed by atoms with Gasteiger partial charge in [0.1, 0.15) is 11.9 Å². The zero-order chi connectivity index (χ0) is 12.1. The molecular formula is C13H21NO2. The molecule has 90 valence electrons. The third kappa shape index (κ3) is 3.51. The highest BCUT2D eigenvalue weighted by Crippen LogP contribution is 2.18. The predicted octanol–water partition coefficient (Wildman–Crippen LogP) is 1.78. The van der Waals surface area contributed by atoms with Crippen molar-refractivity contribution in [3.05, 3.63) is 29.3 Å². The predicted molar refractivity (Wildman–Crippen MR) is 65.7 cm³/mol. The number of rotatable bonds is 5. The van der Waals surface area contributed by atoms with E-state index < -0.39 is 0 Å². The van der Waals surface area contributed by atoms with Gasteiger partial charge < -0.3 is 15.6 Å². The summed E-state index contributed by atoms with van der Waals surface area (Å²) < 4.78 is 5.70. The molecule has 16 heavy (non-hydrogen) atoms. The minimum absolute atomic E-state index is 0.0536. The molecule has 0 bridgehead atoms. The maximum atomic E-state index is 9.22. The van der Waals surface area contributed by atoms with Crippen molar-refractivity contribution >= 4 is 0 Å². The van der Waals surface area contributed by atoms with Crippen molar-refractivity contribution in [1.82, 2.24) is 0 Å². The zero-order valence-electron chi connectivity index (χ0n) is 10.2. The summed E-state index contributed by atoms with van der Waals surface area (Å²) in [6.07, 6.45) is 0.460. The molecule has 1 aromatic rings. The largest absolute Gasteiger partial charge is 0.486 e. The van der Waals surface area contributed by atoms with E-state index in [1.807, 2.05) is 32.9 Å². The second kappa shape index (κ2) is 5.87. The van der Waals surface area contributed by atoms with Gasteiger partial charge in [-0.3, -0.25) is 0 Å². The van der Waals surface area contributed by atoms with Gasteiger partial charge in [0.15, 0.2) is 0 Å². The number of hydrogen-bond acceptors (Lipinski definition) is 3. The second-order valence-corrected chi connectivity index (χ2v) is 4.23. The van der Waals surface area contributed by atoms with Crippen LogP contribution < -0.4 is 10.5 Å². The second-order valence-electron chi connectivity index (χ2n) is 4.23. The van der Waals surface area contributed by atoms with Crippen LogP contribution in [0.3, 0.4) is 0 Å². The van der Waals surface area contributed by atoms with Gasteiger partial charge in [0.05, 0.1) is 6.61 Å². The Kier molecular flexibility index (Phi) is 4.77. The third-order valence-electron chi connectivity index (χ3n) is 2.61. The van der Waals surface area contributed by atoms with Crippen LogP contribution in [0.4, 0.5) is 0 Å². The summed E-state index contributed by atoms with van der Waals surface area (Å²) in [5.74, 6) is 0.778. The molecule has 2 unspecified atom stereocenters. The van der Waals surface area contributed by atoms with E-state index in [1.54, 1.807) is 0 Å². The van der Waals surface area contributed by atoms with E-state index in [-0.39, 0.29) is 18.8 Å². The first-order valence-electron chi connectivity index (χ1n) is 5.68. The number of ether oxygens (including phenoxy) is 1. The van der Waals surface area contributed by atoms with E-state index in [1.165, 1.54) is 0 Å². The number of hydrogen-bond donors (Lipinski definition) is 2. The van der Waals surface area contributed by atoms with E-state index in [9.17, 15) is 5.11 Å². The number of aryl methyl sites for hydroxylation is 2. The van der Waals surface area contributed by atoms with Gasteiger partial charge in [0, 0.05) is 6.04 Å². The lowest BCUT2D eigenvalue weighted by Gasteiger charge is -2.22. The molecule has 0 spiro atoms. The standard InChI is InChI=1S/C13H21NO2/c1-4-12(14)13(8-15)16-11-6-9(2)5-10(3)7-11/h5-7,12-13,15H,4,8,14H2,1-3H3. The van der Waals surface area contributed by atoms with Crippen LogP contribution in [0.5, 0.6) is 5.75 Å². The van der Waals surface area contributed by atoms with Crippen molar-refractivity contribution in [3.63, 3.8) is 0 Å². The molecule has 0 aliphatic carbocycles. The molecule has 0 saturated carbocycles. The quantitative estimate of drug-likeness (QED) is 0.800. The summed E-state index contributed by atoms with van der Waals surface area (Å²) >= 11 is 0. The van der Waals surface area contributed by atoms with E-state index in [4.69, 9.17) is 10.5 Å². The van der Waals surface area contributed by atoms with Crippen LogP contribution in [-0.4, -0.2) is 23.9 Å². The summed E-state index contributed by atoms with van der Waals surface area (Å²) in [6, 6.07) is 5.86. The van der Waals surface area contributed by atoms with Gasteiger partial charge in [-0.2, -0.15) is 0 Å². The van der Waals surface area contributed by atoms with E-state index >= 15 is 0 Å². The van der Waals surface area contributed by atoms with Crippen LogP contribution in [0.25, 0.3) is 0 Å². The van der Waals surface area contributed by atoms with Crippen molar-refractivity contribution in [1.29, 1.82) is 0 Å². The molecule has 0 heterocycles. The molecule has 0 amide bonds. The molecule has 0 saturated heterocycles. The van der Waals surface area contributed by atoms with Gasteiger partial charge in [-0.05, 0) is 43.5 Å². The van der Waals surface area contributed by atoms with Crippen LogP contribution in [0.15, 0.2) is 18.2 Å². The van der Waals surface area contributed by atoms with Gasteiger partial charge in [0.2, 0.25) is 0 Å². The minimum Gasteiger partial charge on any atom is -0.486 e. The summed E-state index contributed by atoms with van der Waals surface area (Å²) in [5, 5.41) is 9.22. The fourth-order valence-electron chi connectivity index (χ4n) is 1.70. The minimum atomic E-state index is -0.328. The fraction of sp³-hybridized carbons (Fsp3) is 0.538. The van der Waals surface area contributed by atoms with Gasteiger partial charge in [-0.1, -0.05) is 13.0 Å². The maximum Gasteiger partial charge on any atom is 0.137 e. The fourth-order valence-corrected chi connectivity index (χ4v) is 1.70. The number of benzene rings is 1. The molecule has 3 nitrogen and oxygen atoms in total. The Bertz CT molecular complexity index is 318. The summed E-state index contributed by atoms with van der Waals surface area (Å²) in [7, 11) is 0. The molecule has 0 fully saturated rings. The molecule has 3 N–H and O–H groups in total. The molecular weight excluding hydrogens is 202 g/mol. The van der Waals surface area contributed by atoms with Gasteiger partial charge in [-0.15, -0.1) is 0 Å². The Balaban J connectivity index is 2.77. The lowest BCUT2D eigenvalue weighted by molar-refractivity contribution is 0.0932. The first-order valence-corrected chi connectivity index (χ1v) is 5.68. The Morgan fingerprint density at radius 2 is 1.81 bits per heavy atom. The van der Waals surface area contributed by atoms with Crippen LogP contribution in [0.2, 0.25) is 0 Å². The molecule has 2 atom stereocenters.